The van der Waals surface area contributed by atoms with Crippen LogP contribution in [-0.2, 0) is 11.2 Å². The predicted octanol–water partition coefficient (Wildman–Crippen LogP) is 7.14. The van der Waals surface area contributed by atoms with Crippen LogP contribution in [0.4, 0.5) is 23.2 Å². The van der Waals surface area contributed by atoms with Gasteiger partial charge in [0, 0.05) is 11.1 Å². The van der Waals surface area contributed by atoms with Gasteiger partial charge < -0.3 is 10.1 Å². The Morgan fingerprint density at radius 1 is 1.12 bits per heavy atom. The number of carbonyl (C=O) groups excluding carboxylic acids is 1. The number of hydrogen-bond donors (Lipinski definition) is 1. The molecule has 1 aromatic heterocycles. The number of allylic oxidation sites excluding steroid dienone is 3. The third-order valence-corrected chi connectivity index (χ3v) is 8.82. The molecule has 0 spiro atoms. The first-order valence-corrected chi connectivity index (χ1v) is 13.3. The summed E-state index contributed by atoms with van der Waals surface area (Å²) in [5.74, 6) is -3.87. The Bertz CT molecular complexity index is 1500. The number of benzene rings is 2. The quantitative estimate of drug-likeness (QED) is 0.277. The molecule has 0 bridgehead atoms. The maximum Gasteiger partial charge on any atom is 0.392 e. The number of halogens is 4. The minimum Gasteiger partial charge on any atom is -0.497 e. The fraction of sp³-hybridized carbons (Fsp3) is 0.355. The van der Waals surface area contributed by atoms with Crippen molar-refractivity contribution >= 4 is 17.7 Å². The molecule has 3 aliphatic rings. The lowest BCUT2D eigenvalue weighted by Crippen LogP contribution is -2.49. The highest BCUT2D eigenvalue weighted by molar-refractivity contribution is 5.93. The minimum atomic E-state index is -4.50. The van der Waals surface area contributed by atoms with Crippen LogP contribution in [0.15, 0.2) is 72.0 Å². The monoisotopic (exact) mass is 551 g/mol. The van der Waals surface area contributed by atoms with Crippen molar-refractivity contribution in [3.8, 4) is 11.4 Å². The van der Waals surface area contributed by atoms with Gasteiger partial charge in [-0.15, -0.1) is 0 Å². The molecule has 40 heavy (non-hydrogen) atoms. The standard InChI is InChI=1S/C31H29F4N3O2/c1-30-16-18-17-36-38(22-8-4-20(32)5-9-22)27(18)15-19(30)3-12-24-25(30)13-14-26(31(33,34)35)28(24)29(39)37-21-6-10-23(40-2)11-7-21/h4-11,13,15,17,24,26,28H,3,12,14,16H2,1-2H3,(H,37,39)/t24-,26+,28+,30-/m0/s1. The Balaban J connectivity index is 1.33. The maximum absolute atomic E-state index is 14.3. The fourth-order valence-corrected chi connectivity index (χ4v) is 6.83. The Labute approximate surface area is 229 Å². The van der Waals surface area contributed by atoms with Gasteiger partial charge in [0.2, 0.25) is 5.91 Å². The second-order valence-corrected chi connectivity index (χ2v) is 11.1. The molecule has 3 aliphatic carbocycles. The first-order valence-electron chi connectivity index (χ1n) is 13.3. The van der Waals surface area contributed by atoms with Crippen LogP contribution in [-0.4, -0.2) is 29.0 Å². The number of anilines is 1. The largest absolute Gasteiger partial charge is 0.497 e. The molecule has 1 saturated carbocycles. The Kier molecular flexibility index (Phi) is 6.35. The number of alkyl halides is 3. The summed E-state index contributed by atoms with van der Waals surface area (Å²) in [6.07, 6.45) is 2.44. The average molecular weight is 552 g/mol. The van der Waals surface area contributed by atoms with Crippen LogP contribution in [0.1, 0.15) is 37.4 Å². The molecular formula is C31H29F4N3O2. The van der Waals surface area contributed by atoms with Gasteiger partial charge in [0.25, 0.3) is 0 Å². The van der Waals surface area contributed by atoms with E-state index in [4.69, 9.17) is 4.74 Å². The van der Waals surface area contributed by atoms with Crippen molar-refractivity contribution in [1.82, 2.24) is 9.78 Å². The molecule has 2 aromatic carbocycles. The van der Waals surface area contributed by atoms with Crippen molar-refractivity contribution in [2.24, 2.45) is 23.2 Å². The molecule has 0 unspecified atom stereocenters. The number of nitrogens with zero attached hydrogens (tertiary/aromatic N) is 2. The predicted molar refractivity (Wildman–Crippen MR) is 143 cm³/mol. The van der Waals surface area contributed by atoms with Crippen molar-refractivity contribution in [3.63, 3.8) is 0 Å². The Morgan fingerprint density at radius 2 is 1.85 bits per heavy atom. The second-order valence-electron chi connectivity index (χ2n) is 11.1. The van der Waals surface area contributed by atoms with E-state index in [1.54, 1.807) is 53.4 Å². The zero-order valence-corrected chi connectivity index (χ0v) is 22.1. The topological polar surface area (TPSA) is 56.1 Å². The molecular weight excluding hydrogens is 522 g/mol. The second kappa shape index (κ2) is 9.64. The number of aromatic nitrogens is 2. The average Bonchev–Trinajstić information content (AvgIpc) is 3.33. The van der Waals surface area contributed by atoms with Crippen LogP contribution >= 0.6 is 0 Å². The first-order chi connectivity index (χ1) is 19.1. The van der Waals surface area contributed by atoms with E-state index in [0.717, 1.165) is 28.1 Å². The zero-order chi connectivity index (χ0) is 28.2. The molecule has 1 N–H and O–H groups in total. The molecule has 1 fully saturated rings. The van der Waals surface area contributed by atoms with E-state index in [0.29, 0.717) is 30.7 Å². The molecule has 1 heterocycles. The summed E-state index contributed by atoms with van der Waals surface area (Å²) in [7, 11) is 1.52. The van der Waals surface area contributed by atoms with Crippen LogP contribution in [0.25, 0.3) is 11.8 Å². The number of methoxy groups -OCH3 is 1. The van der Waals surface area contributed by atoms with Gasteiger partial charge in [-0.2, -0.15) is 18.3 Å². The summed E-state index contributed by atoms with van der Waals surface area (Å²) in [6, 6.07) is 12.7. The van der Waals surface area contributed by atoms with E-state index < -0.39 is 35.3 Å². The minimum absolute atomic E-state index is 0.236. The van der Waals surface area contributed by atoms with Gasteiger partial charge in [-0.05, 0) is 91.8 Å². The Morgan fingerprint density at radius 3 is 2.52 bits per heavy atom. The highest BCUT2D eigenvalue weighted by Gasteiger charge is 2.56. The molecule has 5 nitrogen and oxygen atoms in total. The molecule has 0 radical (unpaired) electrons. The van der Waals surface area contributed by atoms with Gasteiger partial charge in [-0.25, -0.2) is 9.07 Å². The highest BCUT2D eigenvalue weighted by atomic mass is 19.4. The molecule has 6 rings (SSSR count). The number of carbonyl (C=O) groups is 1. The highest BCUT2D eigenvalue weighted by Crippen LogP contribution is 2.59. The molecule has 4 atom stereocenters. The van der Waals surface area contributed by atoms with Crippen LogP contribution in [0.5, 0.6) is 5.75 Å². The van der Waals surface area contributed by atoms with Gasteiger partial charge in [-0.3, -0.25) is 4.79 Å². The summed E-state index contributed by atoms with van der Waals surface area (Å²) in [4.78, 5) is 13.6. The Hall–Kier alpha value is -3.88. The first kappa shape index (κ1) is 26.3. The summed E-state index contributed by atoms with van der Waals surface area (Å²) in [6.45, 7) is 2.07. The third-order valence-electron chi connectivity index (χ3n) is 8.82. The summed E-state index contributed by atoms with van der Waals surface area (Å²) in [5.41, 5.74) is 4.54. The maximum atomic E-state index is 14.3. The van der Waals surface area contributed by atoms with E-state index >= 15 is 0 Å². The molecule has 1 amide bonds. The number of nitrogens with one attached hydrogen (secondary N) is 1. The van der Waals surface area contributed by atoms with E-state index in [1.807, 2.05) is 0 Å². The van der Waals surface area contributed by atoms with E-state index in [9.17, 15) is 22.4 Å². The lowest BCUT2D eigenvalue weighted by Gasteiger charge is -2.50. The van der Waals surface area contributed by atoms with Crippen LogP contribution in [0, 0.1) is 29.0 Å². The molecule has 208 valence electrons. The van der Waals surface area contributed by atoms with Gasteiger partial charge >= 0.3 is 6.18 Å². The number of amides is 1. The van der Waals surface area contributed by atoms with Crippen molar-refractivity contribution in [2.75, 3.05) is 12.4 Å². The van der Waals surface area contributed by atoms with Gasteiger partial charge in [-0.1, -0.05) is 24.1 Å². The number of hydrogen-bond acceptors (Lipinski definition) is 3. The fourth-order valence-electron chi connectivity index (χ4n) is 6.83. The van der Waals surface area contributed by atoms with Gasteiger partial charge in [0.05, 0.1) is 36.5 Å². The van der Waals surface area contributed by atoms with E-state index in [2.05, 4.69) is 23.4 Å². The normalized spacial score (nSPS) is 25.6. The molecule has 0 saturated heterocycles. The van der Waals surface area contributed by atoms with E-state index in [1.165, 1.54) is 19.2 Å². The summed E-state index contributed by atoms with van der Waals surface area (Å²) in [5, 5.41) is 7.29. The number of rotatable bonds is 4. The molecule has 3 aromatic rings. The lowest BCUT2D eigenvalue weighted by molar-refractivity contribution is -0.196. The lowest BCUT2D eigenvalue weighted by atomic mass is 9.54. The molecule has 0 aliphatic heterocycles. The number of ether oxygens (including phenoxy) is 1. The van der Waals surface area contributed by atoms with Gasteiger partial charge in [0.15, 0.2) is 0 Å². The van der Waals surface area contributed by atoms with Crippen molar-refractivity contribution in [3.05, 3.63) is 89.0 Å². The van der Waals surface area contributed by atoms with E-state index in [-0.39, 0.29) is 12.2 Å². The zero-order valence-electron chi connectivity index (χ0n) is 22.1. The number of fused-ring (bicyclic) bond motifs is 4. The van der Waals surface area contributed by atoms with Gasteiger partial charge in [0.1, 0.15) is 11.6 Å². The van der Waals surface area contributed by atoms with Crippen molar-refractivity contribution in [2.45, 2.75) is 38.8 Å². The summed E-state index contributed by atoms with van der Waals surface area (Å²) < 4.78 is 63.3. The van der Waals surface area contributed by atoms with Crippen LogP contribution in [0.2, 0.25) is 0 Å². The third kappa shape index (κ3) is 4.41. The van der Waals surface area contributed by atoms with Crippen LogP contribution < -0.4 is 10.1 Å². The summed E-state index contributed by atoms with van der Waals surface area (Å²) >= 11 is 0. The smallest absolute Gasteiger partial charge is 0.392 e. The van der Waals surface area contributed by atoms with Crippen molar-refractivity contribution in [1.29, 1.82) is 0 Å². The van der Waals surface area contributed by atoms with Crippen LogP contribution in [0.3, 0.4) is 0 Å². The molecule has 9 heteroatoms. The SMILES string of the molecule is COc1ccc(NC(=O)[C@H]2[C@H](C(F)(F)F)CC=C3[C@@H]2CCC2=Cc4c(cnn4-c4ccc(F)cc4)C[C@@]23C)cc1. The van der Waals surface area contributed by atoms with Crippen molar-refractivity contribution < 1.29 is 27.1 Å².